The molecule has 0 spiro atoms. The summed E-state index contributed by atoms with van der Waals surface area (Å²) in [5.41, 5.74) is 0. The molecule has 2 heteroatoms. The molecule has 1 rings (SSSR count). The van der Waals surface area contributed by atoms with Crippen molar-refractivity contribution in [3.63, 3.8) is 0 Å². The maximum absolute atomic E-state index is 4.27. The van der Waals surface area contributed by atoms with Crippen LogP contribution in [-0.4, -0.2) is 11.5 Å². The summed E-state index contributed by atoms with van der Waals surface area (Å²) in [4.78, 5) is 4.27. The molecule has 0 radical (unpaired) electrons. The van der Waals surface area contributed by atoms with Crippen molar-refractivity contribution in [1.29, 1.82) is 0 Å². The summed E-state index contributed by atoms with van der Waals surface area (Å²) in [6, 6.07) is 6.01. The molecule has 1 heterocycles. The van der Waals surface area contributed by atoms with Gasteiger partial charge in [0.2, 0.25) is 0 Å². The van der Waals surface area contributed by atoms with E-state index in [9.17, 15) is 0 Å². The van der Waals surface area contributed by atoms with Crippen molar-refractivity contribution < 1.29 is 0 Å². The fourth-order valence-electron chi connectivity index (χ4n) is 3.06. The van der Waals surface area contributed by atoms with E-state index in [-0.39, 0.29) is 0 Å². The first-order chi connectivity index (χ1) is 12.4. The molecule has 25 heavy (non-hydrogen) atoms. The molecule has 1 aromatic heterocycles. The monoisotopic (exact) mass is 344 g/mol. The number of rotatable bonds is 17. The van der Waals surface area contributed by atoms with Crippen LogP contribution in [0.4, 0.5) is 5.82 Å². The van der Waals surface area contributed by atoms with E-state index in [1.54, 1.807) is 0 Å². The Morgan fingerprint density at radius 1 is 0.760 bits per heavy atom. The minimum atomic E-state index is 0.996. The SMILES string of the molecule is CCCCCCCC/C=C\CCCCCCCCNc1ccccn1. The number of hydrogen-bond acceptors (Lipinski definition) is 2. The average Bonchev–Trinajstić information content (AvgIpc) is 2.65. The van der Waals surface area contributed by atoms with Crippen LogP contribution in [-0.2, 0) is 0 Å². The number of hydrogen-bond donors (Lipinski definition) is 1. The van der Waals surface area contributed by atoms with Gasteiger partial charge in [0, 0.05) is 12.7 Å². The molecule has 142 valence electrons. The van der Waals surface area contributed by atoms with Gasteiger partial charge < -0.3 is 5.32 Å². The molecule has 0 aliphatic rings. The molecule has 0 bridgehead atoms. The van der Waals surface area contributed by atoms with E-state index in [1.807, 2.05) is 24.4 Å². The number of nitrogens with one attached hydrogen (secondary N) is 1. The molecule has 2 nitrogen and oxygen atoms in total. The predicted octanol–water partition coefficient (Wildman–Crippen LogP) is 7.53. The molecule has 0 fully saturated rings. The first-order valence-corrected chi connectivity index (χ1v) is 10.7. The van der Waals surface area contributed by atoms with E-state index in [4.69, 9.17) is 0 Å². The van der Waals surface area contributed by atoms with Crippen molar-refractivity contribution in [3.8, 4) is 0 Å². The fourth-order valence-corrected chi connectivity index (χ4v) is 3.06. The van der Waals surface area contributed by atoms with Gasteiger partial charge >= 0.3 is 0 Å². The molecule has 1 N–H and O–H groups in total. The van der Waals surface area contributed by atoms with Gasteiger partial charge in [-0.05, 0) is 44.2 Å². The van der Waals surface area contributed by atoms with Gasteiger partial charge in [0.15, 0.2) is 0 Å². The fraction of sp³-hybridized carbons (Fsp3) is 0.696. The van der Waals surface area contributed by atoms with Gasteiger partial charge in [-0.3, -0.25) is 0 Å². The lowest BCUT2D eigenvalue weighted by Gasteiger charge is -2.04. The second-order valence-corrected chi connectivity index (χ2v) is 7.08. The van der Waals surface area contributed by atoms with Crippen molar-refractivity contribution in [1.82, 2.24) is 4.98 Å². The molecule has 0 atom stereocenters. The van der Waals surface area contributed by atoms with Gasteiger partial charge in [-0.25, -0.2) is 4.98 Å². The van der Waals surface area contributed by atoms with Gasteiger partial charge in [-0.2, -0.15) is 0 Å². The van der Waals surface area contributed by atoms with Gasteiger partial charge in [0.25, 0.3) is 0 Å². The van der Waals surface area contributed by atoms with E-state index in [1.165, 1.54) is 89.9 Å². The number of unbranched alkanes of at least 4 members (excludes halogenated alkanes) is 12. The minimum absolute atomic E-state index is 0.996. The molecule has 0 aliphatic heterocycles. The van der Waals surface area contributed by atoms with Gasteiger partial charge in [0.1, 0.15) is 5.82 Å². The highest BCUT2D eigenvalue weighted by atomic mass is 15.0. The topological polar surface area (TPSA) is 24.9 Å². The summed E-state index contributed by atoms with van der Waals surface area (Å²) in [6.45, 7) is 3.32. The molecule has 0 aromatic carbocycles. The second kappa shape index (κ2) is 17.5. The van der Waals surface area contributed by atoms with Gasteiger partial charge in [-0.15, -0.1) is 0 Å². The van der Waals surface area contributed by atoms with Gasteiger partial charge in [0.05, 0.1) is 0 Å². The third-order valence-electron chi connectivity index (χ3n) is 4.66. The Hall–Kier alpha value is -1.31. The maximum Gasteiger partial charge on any atom is 0.125 e. The highest BCUT2D eigenvalue weighted by Crippen LogP contribution is 2.10. The zero-order valence-electron chi connectivity index (χ0n) is 16.5. The summed E-state index contributed by atoms with van der Waals surface area (Å²) >= 11 is 0. The Kier molecular flexibility index (Phi) is 15.2. The first kappa shape index (κ1) is 21.7. The summed E-state index contributed by atoms with van der Waals surface area (Å²) in [5.74, 6) is 0.996. The van der Waals surface area contributed by atoms with E-state index < -0.39 is 0 Å². The average molecular weight is 345 g/mol. The molecule has 1 aromatic rings. The highest BCUT2D eigenvalue weighted by molar-refractivity contribution is 5.32. The second-order valence-electron chi connectivity index (χ2n) is 7.08. The maximum atomic E-state index is 4.27. The third kappa shape index (κ3) is 14.7. The third-order valence-corrected chi connectivity index (χ3v) is 4.66. The van der Waals surface area contributed by atoms with E-state index in [0.717, 1.165) is 12.4 Å². The molecule has 0 saturated heterocycles. The van der Waals surface area contributed by atoms with Crippen LogP contribution in [0.25, 0.3) is 0 Å². The normalized spacial score (nSPS) is 11.2. The van der Waals surface area contributed by atoms with Crippen LogP contribution in [0.3, 0.4) is 0 Å². The molecular formula is C23H40N2. The van der Waals surface area contributed by atoms with Crippen LogP contribution >= 0.6 is 0 Å². The van der Waals surface area contributed by atoms with Crippen LogP contribution in [0.5, 0.6) is 0 Å². The molecule has 0 saturated carbocycles. The number of allylic oxidation sites excluding steroid dienone is 2. The summed E-state index contributed by atoms with van der Waals surface area (Å²) < 4.78 is 0. The Labute approximate surface area is 156 Å². The van der Waals surface area contributed by atoms with Crippen molar-refractivity contribution in [2.75, 3.05) is 11.9 Å². The largest absolute Gasteiger partial charge is 0.370 e. The van der Waals surface area contributed by atoms with Crippen LogP contribution in [0.15, 0.2) is 36.5 Å². The lowest BCUT2D eigenvalue weighted by Crippen LogP contribution is -2.02. The Bertz CT molecular complexity index is 400. The number of anilines is 1. The molecule has 0 amide bonds. The standard InChI is InChI=1S/C23H40N2/c1-2-3-4-5-6-7-8-9-10-11-12-13-14-15-16-18-21-24-23-20-17-19-22-25-23/h9-10,17,19-20,22H,2-8,11-16,18,21H2,1H3,(H,24,25)/b10-9-. The summed E-state index contributed by atoms with van der Waals surface area (Å²) in [5, 5.41) is 3.37. The zero-order valence-corrected chi connectivity index (χ0v) is 16.5. The smallest absolute Gasteiger partial charge is 0.125 e. The summed E-state index contributed by atoms with van der Waals surface area (Å²) in [6.07, 6.45) is 25.7. The number of aromatic nitrogens is 1. The van der Waals surface area contributed by atoms with Gasteiger partial charge in [-0.1, -0.05) is 82.9 Å². The summed E-state index contributed by atoms with van der Waals surface area (Å²) in [7, 11) is 0. The zero-order chi connectivity index (χ0) is 17.8. The highest BCUT2D eigenvalue weighted by Gasteiger charge is 1.93. The predicted molar refractivity (Wildman–Crippen MR) is 112 cm³/mol. The number of pyridine rings is 1. The van der Waals surface area contributed by atoms with Crippen molar-refractivity contribution in [2.24, 2.45) is 0 Å². The minimum Gasteiger partial charge on any atom is -0.370 e. The molecule has 0 unspecified atom stereocenters. The van der Waals surface area contributed by atoms with Crippen LogP contribution in [0.1, 0.15) is 96.8 Å². The Balaban J connectivity index is 1.75. The van der Waals surface area contributed by atoms with Crippen LogP contribution < -0.4 is 5.32 Å². The Morgan fingerprint density at radius 2 is 1.36 bits per heavy atom. The first-order valence-electron chi connectivity index (χ1n) is 10.7. The van der Waals surface area contributed by atoms with E-state index >= 15 is 0 Å². The van der Waals surface area contributed by atoms with Crippen LogP contribution in [0.2, 0.25) is 0 Å². The lowest BCUT2D eigenvalue weighted by molar-refractivity contribution is 0.602. The van der Waals surface area contributed by atoms with Crippen LogP contribution in [0, 0.1) is 0 Å². The van der Waals surface area contributed by atoms with E-state index in [0.29, 0.717) is 0 Å². The lowest BCUT2D eigenvalue weighted by atomic mass is 10.1. The quantitative estimate of drug-likeness (QED) is 0.233. The van der Waals surface area contributed by atoms with Crippen molar-refractivity contribution in [2.45, 2.75) is 96.8 Å². The number of nitrogens with zero attached hydrogens (tertiary/aromatic N) is 1. The molecular weight excluding hydrogens is 304 g/mol. The van der Waals surface area contributed by atoms with E-state index in [2.05, 4.69) is 29.4 Å². The Morgan fingerprint density at radius 3 is 1.96 bits per heavy atom. The van der Waals surface area contributed by atoms with Crippen molar-refractivity contribution >= 4 is 5.82 Å². The van der Waals surface area contributed by atoms with Crippen molar-refractivity contribution in [3.05, 3.63) is 36.5 Å². The molecule has 0 aliphatic carbocycles.